The van der Waals surface area contributed by atoms with E-state index in [9.17, 15) is 4.79 Å². The molecule has 4 nitrogen and oxygen atoms in total. The van der Waals surface area contributed by atoms with Crippen LogP contribution < -0.4 is 5.73 Å². The van der Waals surface area contributed by atoms with E-state index >= 15 is 0 Å². The highest BCUT2D eigenvalue weighted by Crippen LogP contribution is 2.24. The molecular weight excluding hydrogens is 226 g/mol. The summed E-state index contributed by atoms with van der Waals surface area (Å²) in [6.07, 6.45) is 7.99. The molecule has 18 heavy (non-hydrogen) atoms. The normalized spacial score (nSPS) is 16.5. The van der Waals surface area contributed by atoms with Crippen molar-refractivity contribution in [2.45, 2.75) is 32.1 Å². The van der Waals surface area contributed by atoms with Crippen molar-refractivity contribution in [1.29, 1.82) is 0 Å². The van der Waals surface area contributed by atoms with Crippen molar-refractivity contribution in [3.63, 3.8) is 0 Å². The SMILES string of the molecule is CN(CC1CCCCC1)C(=O)c1ccc(N)nc1. The van der Waals surface area contributed by atoms with Gasteiger partial charge in [-0.05, 0) is 30.9 Å². The summed E-state index contributed by atoms with van der Waals surface area (Å²) in [7, 11) is 1.87. The number of nitrogens with zero attached hydrogens (tertiary/aromatic N) is 2. The van der Waals surface area contributed by atoms with Crippen LogP contribution >= 0.6 is 0 Å². The summed E-state index contributed by atoms with van der Waals surface area (Å²) in [5.41, 5.74) is 6.13. The summed E-state index contributed by atoms with van der Waals surface area (Å²) in [4.78, 5) is 17.9. The van der Waals surface area contributed by atoms with Crippen LogP contribution in [-0.4, -0.2) is 29.4 Å². The smallest absolute Gasteiger partial charge is 0.255 e. The van der Waals surface area contributed by atoms with Crippen molar-refractivity contribution in [3.05, 3.63) is 23.9 Å². The lowest BCUT2D eigenvalue weighted by Gasteiger charge is -2.27. The number of carbonyl (C=O) groups excluding carboxylic acids is 1. The van der Waals surface area contributed by atoms with E-state index in [1.54, 1.807) is 18.3 Å². The van der Waals surface area contributed by atoms with Gasteiger partial charge in [-0.15, -0.1) is 0 Å². The van der Waals surface area contributed by atoms with E-state index in [1.165, 1.54) is 32.1 Å². The number of aromatic nitrogens is 1. The Bertz CT molecular complexity index is 396. The van der Waals surface area contributed by atoms with Crippen LogP contribution in [-0.2, 0) is 0 Å². The van der Waals surface area contributed by atoms with Crippen LogP contribution in [0.3, 0.4) is 0 Å². The fourth-order valence-electron chi connectivity index (χ4n) is 2.59. The lowest BCUT2D eigenvalue weighted by atomic mass is 9.89. The van der Waals surface area contributed by atoms with Gasteiger partial charge in [0, 0.05) is 19.8 Å². The van der Waals surface area contributed by atoms with Gasteiger partial charge < -0.3 is 10.6 Å². The van der Waals surface area contributed by atoms with Crippen molar-refractivity contribution in [3.8, 4) is 0 Å². The monoisotopic (exact) mass is 247 g/mol. The molecule has 2 rings (SSSR count). The molecule has 1 aliphatic rings. The van der Waals surface area contributed by atoms with Gasteiger partial charge in [-0.2, -0.15) is 0 Å². The first-order valence-electron chi connectivity index (χ1n) is 6.64. The molecule has 0 unspecified atom stereocenters. The molecule has 1 saturated carbocycles. The Labute approximate surface area is 108 Å². The minimum absolute atomic E-state index is 0.0353. The number of nitrogens with two attached hydrogens (primary N) is 1. The number of nitrogen functional groups attached to an aromatic ring is 1. The zero-order valence-electron chi connectivity index (χ0n) is 10.9. The van der Waals surface area contributed by atoms with Crippen molar-refractivity contribution in [1.82, 2.24) is 9.88 Å². The largest absolute Gasteiger partial charge is 0.384 e. The van der Waals surface area contributed by atoms with Crippen LogP contribution in [0.1, 0.15) is 42.5 Å². The third-order valence-electron chi connectivity index (χ3n) is 3.64. The first-order chi connectivity index (χ1) is 8.66. The topological polar surface area (TPSA) is 59.2 Å². The van der Waals surface area contributed by atoms with Crippen LogP contribution in [0.2, 0.25) is 0 Å². The van der Waals surface area contributed by atoms with Crippen LogP contribution in [0.5, 0.6) is 0 Å². The van der Waals surface area contributed by atoms with Crippen molar-refractivity contribution < 1.29 is 4.79 Å². The molecule has 0 saturated heterocycles. The number of hydrogen-bond acceptors (Lipinski definition) is 3. The summed E-state index contributed by atoms with van der Waals surface area (Å²) in [6.45, 7) is 0.850. The number of pyridine rings is 1. The average Bonchev–Trinajstić information content (AvgIpc) is 2.40. The van der Waals surface area contributed by atoms with Gasteiger partial charge >= 0.3 is 0 Å². The summed E-state index contributed by atoms with van der Waals surface area (Å²) < 4.78 is 0. The molecule has 0 bridgehead atoms. The number of anilines is 1. The second-order valence-electron chi connectivity index (χ2n) is 5.16. The zero-order chi connectivity index (χ0) is 13.0. The predicted molar refractivity (Wildman–Crippen MR) is 72.2 cm³/mol. The van der Waals surface area contributed by atoms with Crippen LogP contribution in [0.15, 0.2) is 18.3 Å². The Balaban J connectivity index is 1.93. The molecule has 1 fully saturated rings. The summed E-state index contributed by atoms with van der Waals surface area (Å²) in [6, 6.07) is 3.41. The summed E-state index contributed by atoms with van der Waals surface area (Å²) >= 11 is 0. The van der Waals surface area contributed by atoms with Gasteiger partial charge in [-0.3, -0.25) is 4.79 Å². The van der Waals surface area contributed by atoms with E-state index in [4.69, 9.17) is 5.73 Å². The summed E-state index contributed by atoms with van der Waals surface area (Å²) in [5, 5.41) is 0. The lowest BCUT2D eigenvalue weighted by molar-refractivity contribution is 0.0760. The lowest BCUT2D eigenvalue weighted by Crippen LogP contribution is -2.32. The molecule has 1 aliphatic carbocycles. The van der Waals surface area contributed by atoms with E-state index in [-0.39, 0.29) is 5.91 Å². The molecule has 0 spiro atoms. The van der Waals surface area contributed by atoms with Gasteiger partial charge in [-0.25, -0.2) is 4.98 Å². The van der Waals surface area contributed by atoms with Gasteiger partial charge in [0.25, 0.3) is 5.91 Å². The van der Waals surface area contributed by atoms with Crippen molar-refractivity contribution in [2.75, 3.05) is 19.3 Å². The van der Waals surface area contributed by atoms with Gasteiger partial charge in [-0.1, -0.05) is 19.3 Å². The summed E-state index contributed by atoms with van der Waals surface area (Å²) in [5.74, 6) is 1.14. The number of carbonyl (C=O) groups is 1. The third kappa shape index (κ3) is 3.22. The van der Waals surface area contributed by atoms with E-state index in [2.05, 4.69) is 4.98 Å². The van der Waals surface area contributed by atoms with Gasteiger partial charge in [0.2, 0.25) is 0 Å². The van der Waals surface area contributed by atoms with Crippen LogP contribution in [0.4, 0.5) is 5.82 Å². The highest BCUT2D eigenvalue weighted by Gasteiger charge is 2.19. The fourth-order valence-corrected chi connectivity index (χ4v) is 2.59. The minimum Gasteiger partial charge on any atom is -0.384 e. The molecule has 0 radical (unpaired) electrons. The molecule has 1 aromatic heterocycles. The second kappa shape index (κ2) is 5.85. The Morgan fingerprint density at radius 3 is 2.72 bits per heavy atom. The Kier molecular flexibility index (Phi) is 4.18. The van der Waals surface area contributed by atoms with Crippen molar-refractivity contribution >= 4 is 11.7 Å². The standard InChI is InChI=1S/C14H21N3O/c1-17(10-11-5-3-2-4-6-11)14(18)12-7-8-13(15)16-9-12/h7-9,11H,2-6,10H2,1H3,(H2,15,16). The highest BCUT2D eigenvalue weighted by molar-refractivity contribution is 5.93. The van der Waals surface area contributed by atoms with Crippen LogP contribution in [0, 0.1) is 5.92 Å². The Hall–Kier alpha value is -1.58. The second-order valence-corrected chi connectivity index (χ2v) is 5.16. The van der Waals surface area contributed by atoms with E-state index < -0.39 is 0 Å². The number of amides is 1. The average molecular weight is 247 g/mol. The first-order valence-corrected chi connectivity index (χ1v) is 6.64. The molecule has 0 atom stereocenters. The Morgan fingerprint density at radius 1 is 1.39 bits per heavy atom. The fraction of sp³-hybridized carbons (Fsp3) is 0.571. The quantitative estimate of drug-likeness (QED) is 0.891. The van der Waals surface area contributed by atoms with Gasteiger partial charge in [0.1, 0.15) is 5.82 Å². The molecule has 1 aromatic rings. The molecular formula is C14H21N3O. The maximum atomic E-state index is 12.2. The molecule has 4 heteroatoms. The van der Waals surface area contributed by atoms with Crippen molar-refractivity contribution in [2.24, 2.45) is 5.92 Å². The Morgan fingerprint density at radius 2 is 2.11 bits per heavy atom. The molecule has 0 aliphatic heterocycles. The maximum absolute atomic E-state index is 12.2. The molecule has 1 heterocycles. The highest BCUT2D eigenvalue weighted by atomic mass is 16.2. The third-order valence-corrected chi connectivity index (χ3v) is 3.64. The molecule has 2 N–H and O–H groups in total. The zero-order valence-corrected chi connectivity index (χ0v) is 10.9. The van der Waals surface area contributed by atoms with Gasteiger partial charge in [0.15, 0.2) is 0 Å². The van der Waals surface area contributed by atoms with E-state index in [0.717, 1.165) is 6.54 Å². The number of hydrogen-bond donors (Lipinski definition) is 1. The predicted octanol–water partition coefficient (Wildman–Crippen LogP) is 2.32. The molecule has 98 valence electrons. The van der Waals surface area contributed by atoms with Crippen LogP contribution in [0.25, 0.3) is 0 Å². The molecule has 1 amide bonds. The van der Waals surface area contributed by atoms with E-state index in [0.29, 0.717) is 17.3 Å². The molecule has 0 aromatic carbocycles. The van der Waals surface area contributed by atoms with Gasteiger partial charge in [0.05, 0.1) is 5.56 Å². The number of rotatable bonds is 3. The minimum atomic E-state index is 0.0353. The first kappa shape index (κ1) is 12.9. The van der Waals surface area contributed by atoms with E-state index in [1.807, 2.05) is 11.9 Å². The maximum Gasteiger partial charge on any atom is 0.255 e.